The number of aliphatic imine (C=N–C) groups is 1. The molecule has 0 radical (unpaired) electrons. The van der Waals surface area contributed by atoms with Gasteiger partial charge in [0, 0.05) is 29.6 Å². The monoisotopic (exact) mass is 516 g/mol. The molecule has 4 rings (SSSR count). The number of hydroxylamine groups is 1. The second-order valence-corrected chi connectivity index (χ2v) is 9.58. The van der Waals surface area contributed by atoms with Gasteiger partial charge in [-0.05, 0) is 64.0 Å². The number of nitrogens with one attached hydrogen (secondary N) is 1. The summed E-state index contributed by atoms with van der Waals surface area (Å²) in [5, 5.41) is 0. The molecule has 1 aromatic carbocycles. The molecule has 38 heavy (non-hydrogen) atoms. The predicted molar refractivity (Wildman–Crippen MR) is 155 cm³/mol. The van der Waals surface area contributed by atoms with E-state index in [-0.39, 0.29) is 12.1 Å². The van der Waals surface area contributed by atoms with Crippen LogP contribution in [-0.2, 0) is 9.57 Å². The van der Waals surface area contributed by atoms with Crippen molar-refractivity contribution < 1.29 is 14.3 Å². The lowest BCUT2D eigenvalue weighted by molar-refractivity contribution is 0.125. The number of rotatable bonds is 8. The van der Waals surface area contributed by atoms with Crippen molar-refractivity contribution in [2.24, 2.45) is 4.99 Å². The minimum Gasteiger partial charge on any atom is -0.497 e. The fourth-order valence-corrected chi connectivity index (χ4v) is 4.90. The zero-order valence-corrected chi connectivity index (χ0v) is 23.2. The summed E-state index contributed by atoms with van der Waals surface area (Å²) in [6, 6.07) is 6.35. The third-order valence-electron chi connectivity index (χ3n) is 6.99. The Balaban J connectivity index is 1.74. The first-order valence-electron chi connectivity index (χ1n) is 13.3. The SMILES string of the molecule is C=CN1/C(=C(\C)C2=CC(C)NO2)CN(C(COCC2=CC=CCC=C2)=NCC)C(C)c2cc(OC)ccc21. The van der Waals surface area contributed by atoms with Crippen molar-refractivity contribution in [3.8, 4) is 5.75 Å². The Kier molecular flexibility index (Phi) is 9.26. The highest BCUT2D eigenvalue weighted by atomic mass is 16.7. The molecule has 2 atom stereocenters. The first-order chi connectivity index (χ1) is 18.5. The molecule has 0 bridgehead atoms. The molecule has 0 amide bonds. The van der Waals surface area contributed by atoms with Crippen molar-refractivity contribution in [1.29, 1.82) is 0 Å². The van der Waals surface area contributed by atoms with Crippen LogP contribution in [0.15, 0.2) is 95.0 Å². The lowest BCUT2D eigenvalue weighted by Gasteiger charge is -2.32. The molecule has 2 unspecified atom stereocenters. The Hall–Kier alpha value is -3.55. The van der Waals surface area contributed by atoms with Gasteiger partial charge >= 0.3 is 0 Å². The molecule has 1 aromatic rings. The van der Waals surface area contributed by atoms with E-state index in [1.54, 1.807) is 7.11 Å². The first kappa shape index (κ1) is 27.5. The summed E-state index contributed by atoms with van der Waals surface area (Å²) in [6.45, 7) is 14.8. The van der Waals surface area contributed by atoms with Gasteiger partial charge in [0.25, 0.3) is 0 Å². The first-order valence-corrected chi connectivity index (χ1v) is 13.3. The second kappa shape index (κ2) is 12.8. The van der Waals surface area contributed by atoms with Crippen LogP contribution in [0.4, 0.5) is 5.69 Å². The highest BCUT2D eigenvalue weighted by Crippen LogP contribution is 2.40. The summed E-state index contributed by atoms with van der Waals surface area (Å²) in [7, 11) is 1.70. The van der Waals surface area contributed by atoms with Crippen LogP contribution in [0.1, 0.15) is 45.7 Å². The third-order valence-corrected chi connectivity index (χ3v) is 6.99. The molecule has 1 N–H and O–H groups in total. The highest BCUT2D eigenvalue weighted by molar-refractivity contribution is 5.85. The van der Waals surface area contributed by atoms with Gasteiger partial charge in [0.05, 0.1) is 38.0 Å². The number of fused-ring (bicyclic) bond motifs is 1. The van der Waals surface area contributed by atoms with E-state index in [1.165, 1.54) is 0 Å². The van der Waals surface area contributed by atoms with E-state index < -0.39 is 0 Å². The molecule has 7 heteroatoms. The molecule has 2 aliphatic heterocycles. The van der Waals surface area contributed by atoms with Crippen LogP contribution in [0.25, 0.3) is 0 Å². The van der Waals surface area contributed by atoms with Gasteiger partial charge in [-0.15, -0.1) is 0 Å². The van der Waals surface area contributed by atoms with Gasteiger partial charge in [-0.3, -0.25) is 4.99 Å². The normalized spacial score (nSPS) is 22.7. The second-order valence-electron chi connectivity index (χ2n) is 9.58. The van der Waals surface area contributed by atoms with Crippen LogP contribution in [0.3, 0.4) is 0 Å². The number of ether oxygens (including phenoxy) is 2. The third kappa shape index (κ3) is 6.11. The predicted octanol–water partition coefficient (Wildman–Crippen LogP) is 5.98. The Morgan fingerprint density at radius 3 is 2.84 bits per heavy atom. The molecule has 2 heterocycles. The Morgan fingerprint density at radius 1 is 1.29 bits per heavy atom. The van der Waals surface area contributed by atoms with Crippen molar-refractivity contribution in [3.05, 3.63) is 95.6 Å². The number of benzene rings is 1. The van der Waals surface area contributed by atoms with Gasteiger partial charge in [0.15, 0.2) is 0 Å². The lowest BCUT2D eigenvalue weighted by atomic mass is 10.0. The quantitative estimate of drug-likeness (QED) is 0.339. The molecule has 0 saturated heterocycles. The molecule has 0 saturated carbocycles. The van der Waals surface area contributed by atoms with Gasteiger partial charge in [0.1, 0.15) is 24.0 Å². The smallest absolute Gasteiger partial charge is 0.149 e. The molecule has 1 aliphatic carbocycles. The fourth-order valence-electron chi connectivity index (χ4n) is 4.90. The average molecular weight is 517 g/mol. The number of methoxy groups -OCH3 is 1. The number of hydrogen-bond donors (Lipinski definition) is 1. The van der Waals surface area contributed by atoms with Crippen LogP contribution in [0.2, 0.25) is 0 Å². The van der Waals surface area contributed by atoms with E-state index in [4.69, 9.17) is 19.3 Å². The van der Waals surface area contributed by atoms with E-state index in [0.29, 0.717) is 26.3 Å². The largest absolute Gasteiger partial charge is 0.497 e. The zero-order valence-electron chi connectivity index (χ0n) is 23.2. The number of amidine groups is 1. The maximum absolute atomic E-state index is 6.23. The van der Waals surface area contributed by atoms with Crippen LogP contribution < -0.4 is 15.1 Å². The molecular formula is C31H40N4O3. The van der Waals surface area contributed by atoms with Gasteiger partial charge in [-0.25, -0.2) is 0 Å². The summed E-state index contributed by atoms with van der Waals surface area (Å²) < 4.78 is 11.8. The van der Waals surface area contributed by atoms with Crippen molar-refractivity contribution >= 4 is 11.5 Å². The Morgan fingerprint density at radius 2 is 2.13 bits per heavy atom. The minimum absolute atomic E-state index is 0.0113. The number of nitrogens with zero attached hydrogens (tertiary/aromatic N) is 3. The average Bonchev–Trinajstić information content (AvgIpc) is 3.13. The lowest BCUT2D eigenvalue weighted by Crippen LogP contribution is -2.38. The van der Waals surface area contributed by atoms with E-state index in [9.17, 15) is 0 Å². The fraction of sp³-hybridized carbons (Fsp3) is 0.387. The molecule has 0 spiro atoms. The summed E-state index contributed by atoms with van der Waals surface area (Å²) in [4.78, 5) is 15.2. The van der Waals surface area contributed by atoms with E-state index in [0.717, 1.165) is 51.9 Å². The maximum Gasteiger partial charge on any atom is 0.149 e. The molecule has 0 fully saturated rings. The van der Waals surface area contributed by atoms with Gasteiger partial charge < -0.3 is 24.1 Å². The van der Waals surface area contributed by atoms with Crippen molar-refractivity contribution in [2.75, 3.05) is 38.3 Å². The molecular weight excluding hydrogens is 476 g/mol. The Bertz CT molecular complexity index is 1210. The topological polar surface area (TPSA) is 58.6 Å². The van der Waals surface area contributed by atoms with Gasteiger partial charge in [-0.1, -0.05) is 37.0 Å². The highest BCUT2D eigenvalue weighted by Gasteiger charge is 2.32. The maximum atomic E-state index is 6.23. The van der Waals surface area contributed by atoms with Crippen molar-refractivity contribution in [3.63, 3.8) is 0 Å². The van der Waals surface area contributed by atoms with Crippen LogP contribution in [0, 0.1) is 0 Å². The number of allylic oxidation sites excluding steroid dienone is 5. The van der Waals surface area contributed by atoms with E-state index in [1.807, 2.05) is 12.3 Å². The van der Waals surface area contributed by atoms with Crippen molar-refractivity contribution in [2.45, 2.75) is 46.2 Å². The zero-order chi connectivity index (χ0) is 27.1. The standard InChI is InChI=1S/C31H40N4O3/c1-7-32-31(21-37-20-25-13-11-9-10-12-14-25)35-19-29(23(4)30-17-22(3)33-38-30)34(8-2)28-16-15-26(36-6)18-27(28)24(35)5/h8-9,11-18,22,24,33H,2,7,10,19-21H2,1,3-6H3/b29-23+,32-31?. The van der Waals surface area contributed by atoms with Crippen LogP contribution >= 0.6 is 0 Å². The molecule has 0 aromatic heterocycles. The van der Waals surface area contributed by atoms with E-state index in [2.05, 4.69) is 98.1 Å². The molecule has 202 valence electrons. The summed E-state index contributed by atoms with van der Waals surface area (Å²) in [5.41, 5.74) is 8.48. The minimum atomic E-state index is 0.0113. The Labute approximate surface area is 227 Å². The van der Waals surface area contributed by atoms with Crippen LogP contribution in [-0.4, -0.2) is 50.2 Å². The van der Waals surface area contributed by atoms with Crippen molar-refractivity contribution in [1.82, 2.24) is 10.4 Å². The number of hydrogen-bond acceptors (Lipinski definition) is 6. The number of anilines is 1. The van der Waals surface area contributed by atoms with Crippen LogP contribution in [0.5, 0.6) is 5.75 Å². The van der Waals surface area contributed by atoms with Gasteiger partial charge in [0.2, 0.25) is 0 Å². The molecule has 7 nitrogen and oxygen atoms in total. The summed E-state index contributed by atoms with van der Waals surface area (Å²) >= 11 is 0. The van der Waals surface area contributed by atoms with Gasteiger partial charge in [-0.2, -0.15) is 5.48 Å². The summed E-state index contributed by atoms with van der Waals surface area (Å²) in [6.07, 6.45) is 15.5. The summed E-state index contributed by atoms with van der Waals surface area (Å²) in [5.74, 6) is 2.55. The molecule has 3 aliphatic rings. The van der Waals surface area contributed by atoms with E-state index >= 15 is 0 Å².